The van der Waals surface area contributed by atoms with Gasteiger partial charge in [-0.2, -0.15) is 0 Å². The van der Waals surface area contributed by atoms with Gasteiger partial charge in [-0.05, 0) is 30.0 Å². The fraction of sp³-hybridized carbons (Fsp3) is 0.292. The molecule has 0 fully saturated rings. The summed E-state index contributed by atoms with van der Waals surface area (Å²) in [6, 6.07) is 12.8. The van der Waals surface area contributed by atoms with Crippen molar-refractivity contribution in [3.05, 3.63) is 82.4 Å². The van der Waals surface area contributed by atoms with Crippen molar-refractivity contribution in [3.8, 4) is 0 Å². The number of amides is 1. The Bertz CT molecular complexity index is 1090. The van der Waals surface area contributed by atoms with Crippen LogP contribution in [0.1, 0.15) is 30.7 Å². The summed E-state index contributed by atoms with van der Waals surface area (Å²) in [5.41, 5.74) is 2.72. The number of rotatable bonds is 9. The molecule has 2 aliphatic heterocycles. The van der Waals surface area contributed by atoms with Crippen LogP contribution < -0.4 is 5.32 Å². The number of methoxy groups -OCH3 is 1. The number of fused-ring (bicyclic) bond motifs is 1. The molecule has 0 saturated heterocycles. The molecule has 4 rings (SSSR count). The molecule has 1 unspecified atom stereocenters. The van der Waals surface area contributed by atoms with E-state index >= 15 is 0 Å². The largest absolute Gasteiger partial charge is 0.467 e. The number of esters is 1. The number of benzene rings is 1. The van der Waals surface area contributed by atoms with Crippen molar-refractivity contribution in [1.29, 1.82) is 0 Å². The minimum atomic E-state index is -0.451. The number of carbonyl (C=O) groups is 2. The molecule has 1 N–H and O–H groups in total. The summed E-state index contributed by atoms with van der Waals surface area (Å²) in [5, 5.41) is 5.51. The van der Waals surface area contributed by atoms with Crippen LogP contribution in [0.15, 0.2) is 80.5 Å². The summed E-state index contributed by atoms with van der Waals surface area (Å²) in [6.07, 6.45) is 1.71. The molecule has 1 aromatic carbocycles. The van der Waals surface area contributed by atoms with Crippen molar-refractivity contribution in [2.45, 2.75) is 25.9 Å². The molecule has 2 aliphatic rings. The van der Waals surface area contributed by atoms with Gasteiger partial charge in [0.1, 0.15) is 12.4 Å². The highest BCUT2D eigenvalue weighted by molar-refractivity contribution is 8.16. The Hall–Kier alpha value is -3.30. The van der Waals surface area contributed by atoms with Gasteiger partial charge in [0.25, 0.3) is 0 Å². The second-order valence-corrected chi connectivity index (χ2v) is 8.30. The number of allylic oxidation sites excluding steroid dienone is 1. The number of hydrogen-bond acceptors (Lipinski definition) is 8. The molecule has 1 atom stereocenters. The average Bonchev–Trinajstić information content (AvgIpc) is 3.47. The predicted octanol–water partition coefficient (Wildman–Crippen LogP) is 3.75. The number of nitrogens with zero attached hydrogens (tertiary/aromatic N) is 2. The Morgan fingerprint density at radius 2 is 2.00 bits per heavy atom. The molecule has 9 heteroatoms. The second kappa shape index (κ2) is 10.5. The molecule has 0 aliphatic carbocycles. The lowest BCUT2D eigenvalue weighted by Gasteiger charge is -2.36. The van der Waals surface area contributed by atoms with Crippen LogP contribution in [0.4, 0.5) is 0 Å². The lowest BCUT2D eigenvalue weighted by molar-refractivity contribution is -0.141. The van der Waals surface area contributed by atoms with Crippen LogP contribution >= 0.6 is 11.8 Å². The SMILES string of the molecule is COCCOC(=O)C1=C(C)N=C2SC=C(CC(=O)NCc3ccco3)N2C1c1ccccc1. The van der Waals surface area contributed by atoms with E-state index in [-0.39, 0.29) is 18.9 Å². The van der Waals surface area contributed by atoms with E-state index in [1.54, 1.807) is 25.5 Å². The molecule has 33 heavy (non-hydrogen) atoms. The maximum absolute atomic E-state index is 13.1. The van der Waals surface area contributed by atoms with Crippen LogP contribution in [0.2, 0.25) is 0 Å². The van der Waals surface area contributed by atoms with E-state index in [1.165, 1.54) is 11.8 Å². The third-order valence-corrected chi connectivity index (χ3v) is 6.13. The van der Waals surface area contributed by atoms with Crippen molar-refractivity contribution < 1.29 is 23.5 Å². The van der Waals surface area contributed by atoms with Crippen molar-refractivity contribution in [2.24, 2.45) is 4.99 Å². The average molecular weight is 468 g/mol. The van der Waals surface area contributed by atoms with Crippen LogP contribution in [0.5, 0.6) is 0 Å². The Morgan fingerprint density at radius 3 is 2.73 bits per heavy atom. The van der Waals surface area contributed by atoms with Crippen molar-refractivity contribution in [2.75, 3.05) is 20.3 Å². The molecular weight excluding hydrogens is 442 g/mol. The van der Waals surface area contributed by atoms with Gasteiger partial charge < -0.3 is 24.1 Å². The fourth-order valence-electron chi connectivity index (χ4n) is 3.70. The second-order valence-electron chi connectivity index (χ2n) is 7.47. The number of amidine groups is 1. The molecular formula is C24H25N3O5S. The van der Waals surface area contributed by atoms with Gasteiger partial charge in [-0.25, -0.2) is 9.79 Å². The first-order valence-corrected chi connectivity index (χ1v) is 11.4. The summed E-state index contributed by atoms with van der Waals surface area (Å²) in [5.74, 6) is 0.0849. The highest BCUT2D eigenvalue weighted by Crippen LogP contribution is 2.44. The third kappa shape index (κ3) is 5.20. The fourth-order valence-corrected chi connectivity index (χ4v) is 4.67. The number of thioether (sulfide) groups is 1. The van der Waals surface area contributed by atoms with Gasteiger partial charge in [0, 0.05) is 12.8 Å². The molecule has 0 saturated carbocycles. The van der Waals surface area contributed by atoms with Crippen molar-refractivity contribution in [3.63, 3.8) is 0 Å². The first-order valence-electron chi connectivity index (χ1n) is 10.5. The molecule has 1 amide bonds. The molecule has 8 nitrogen and oxygen atoms in total. The zero-order valence-electron chi connectivity index (χ0n) is 18.4. The molecule has 3 heterocycles. The first kappa shape index (κ1) is 22.9. The molecule has 1 aromatic heterocycles. The molecule has 0 bridgehead atoms. The summed E-state index contributed by atoms with van der Waals surface area (Å²) in [6.45, 7) is 2.58. The number of carbonyl (C=O) groups excluding carboxylic acids is 2. The van der Waals surface area contributed by atoms with E-state index in [4.69, 9.17) is 13.9 Å². The first-order chi connectivity index (χ1) is 16.1. The Kier molecular flexibility index (Phi) is 7.31. The summed E-state index contributed by atoms with van der Waals surface area (Å²) >= 11 is 1.44. The van der Waals surface area contributed by atoms with Crippen LogP contribution in [0.25, 0.3) is 0 Å². The van der Waals surface area contributed by atoms with Crippen LogP contribution in [0, 0.1) is 0 Å². The van der Waals surface area contributed by atoms with Gasteiger partial charge >= 0.3 is 5.97 Å². The van der Waals surface area contributed by atoms with Crippen LogP contribution in [-0.2, 0) is 25.6 Å². The van der Waals surface area contributed by atoms with E-state index in [0.29, 0.717) is 30.2 Å². The molecule has 0 spiro atoms. The van der Waals surface area contributed by atoms with Gasteiger partial charge in [0.15, 0.2) is 5.17 Å². The lowest BCUT2D eigenvalue weighted by atomic mass is 9.94. The van der Waals surface area contributed by atoms with E-state index in [0.717, 1.165) is 16.4 Å². The van der Waals surface area contributed by atoms with Gasteiger partial charge in [-0.1, -0.05) is 42.1 Å². The van der Waals surface area contributed by atoms with Gasteiger partial charge in [0.05, 0.1) is 43.1 Å². The highest BCUT2D eigenvalue weighted by atomic mass is 32.2. The van der Waals surface area contributed by atoms with Gasteiger partial charge in [-0.3, -0.25) is 4.79 Å². The third-order valence-electron chi connectivity index (χ3n) is 5.24. The molecule has 0 radical (unpaired) electrons. The zero-order chi connectivity index (χ0) is 23.2. The summed E-state index contributed by atoms with van der Waals surface area (Å²) in [7, 11) is 1.55. The zero-order valence-corrected chi connectivity index (χ0v) is 19.3. The minimum Gasteiger partial charge on any atom is -0.467 e. The number of aliphatic imine (C=N–C) groups is 1. The van der Waals surface area contributed by atoms with E-state index in [1.807, 2.05) is 47.6 Å². The van der Waals surface area contributed by atoms with Crippen LogP contribution in [0.3, 0.4) is 0 Å². The standard InChI is InChI=1S/C24H25N3O5S/c1-16-21(23(29)32-12-11-30-2)22(17-7-4-3-5-8-17)27-18(15-33-24(27)26-16)13-20(28)25-14-19-9-6-10-31-19/h3-10,15,22H,11-14H2,1-2H3,(H,25,28). The molecule has 172 valence electrons. The Labute approximate surface area is 196 Å². The smallest absolute Gasteiger partial charge is 0.338 e. The van der Waals surface area contributed by atoms with E-state index < -0.39 is 12.0 Å². The Morgan fingerprint density at radius 1 is 1.18 bits per heavy atom. The van der Waals surface area contributed by atoms with E-state index in [9.17, 15) is 9.59 Å². The quantitative estimate of drug-likeness (QED) is 0.443. The van der Waals surface area contributed by atoms with Gasteiger partial charge in [-0.15, -0.1) is 0 Å². The normalized spacial score (nSPS) is 17.4. The highest BCUT2D eigenvalue weighted by Gasteiger charge is 2.41. The van der Waals surface area contributed by atoms with E-state index in [2.05, 4.69) is 10.3 Å². The number of ether oxygens (including phenoxy) is 2. The lowest BCUT2D eigenvalue weighted by Crippen LogP contribution is -2.38. The summed E-state index contributed by atoms with van der Waals surface area (Å²) < 4.78 is 15.7. The number of hydrogen-bond donors (Lipinski definition) is 1. The predicted molar refractivity (Wildman–Crippen MR) is 125 cm³/mol. The topological polar surface area (TPSA) is 93.4 Å². The maximum atomic E-state index is 13.1. The Balaban J connectivity index is 1.58. The molecule has 2 aromatic rings. The maximum Gasteiger partial charge on any atom is 0.338 e. The minimum absolute atomic E-state index is 0.140. The monoisotopic (exact) mass is 467 g/mol. The summed E-state index contributed by atoms with van der Waals surface area (Å²) in [4.78, 5) is 32.3. The van der Waals surface area contributed by atoms with Gasteiger partial charge in [0.2, 0.25) is 5.91 Å². The number of nitrogens with one attached hydrogen (secondary N) is 1. The van der Waals surface area contributed by atoms with Crippen molar-refractivity contribution >= 4 is 28.8 Å². The van der Waals surface area contributed by atoms with Crippen molar-refractivity contribution in [1.82, 2.24) is 10.2 Å². The van der Waals surface area contributed by atoms with Crippen LogP contribution in [-0.4, -0.2) is 42.3 Å². The number of furan rings is 1.